The lowest BCUT2D eigenvalue weighted by Crippen LogP contribution is -2.01. The number of hydrogen-bond donors (Lipinski definition) is 1. The SMILES string of the molecule is CCCc1cc(CN)cc(Oc2ccc(F)c(Cl)c2)n1. The van der Waals surface area contributed by atoms with Gasteiger partial charge in [-0.25, -0.2) is 9.37 Å². The van der Waals surface area contributed by atoms with Crippen molar-refractivity contribution in [2.24, 2.45) is 5.73 Å². The highest BCUT2D eigenvalue weighted by Crippen LogP contribution is 2.26. The van der Waals surface area contributed by atoms with E-state index < -0.39 is 5.82 Å². The van der Waals surface area contributed by atoms with E-state index in [1.165, 1.54) is 18.2 Å². The number of benzene rings is 1. The van der Waals surface area contributed by atoms with E-state index in [-0.39, 0.29) is 5.02 Å². The van der Waals surface area contributed by atoms with Gasteiger partial charge in [-0.05, 0) is 30.2 Å². The molecule has 3 nitrogen and oxygen atoms in total. The van der Waals surface area contributed by atoms with Gasteiger partial charge in [0, 0.05) is 24.4 Å². The van der Waals surface area contributed by atoms with Gasteiger partial charge in [-0.1, -0.05) is 24.9 Å². The summed E-state index contributed by atoms with van der Waals surface area (Å²) in [6.45, 7) is 2.50. The van der Waals surface area contributed by atoms with Gasteiger partial charge in [0.2, 0.25) is 5.88 Å². The van der Waals surface area contributed by atoms with Crippen LogP contribution in [0.5, 0.6) is 11.6 Å². The quantitative estimate of drug-likeness (QED) is 0.904. The van der Waals surface area contributed by atoms with Crippen LogP contribution < -0.4 is 10.5 Å². The van der Waals surface area contributed by atoms with Crippen LogP contribution in [-0.2, 0) is 13.0 Å². The molecule has 1 aromatic heterocycles. The molecule has 0 bridgehead atoms. The van der Waals surface area contributed by atoms with Crippen molar-refractivity contribution in [1.29, 1.82) is 0 Å². The average molecular weight is 295 g/mol. The topological polar surface area (TPSA) is 48.1 Å². The van der Waals surface area contributed by atoms with Crippen molar-refractivity contribution < 1.29 is 9.13 Å². The summed E-state index contributed by atoms with van der Waals surface area (Å²) in [6.07, 6.45) is 1.84. The van der Waals surface area contributed by atoms with Gasteiger partial charge in [-0.3, -0.25) is 0 Å². The molecule has 0 aliphatic rings. The molecule has 106 valence electrons. The molecule has 0 unspecified atom stereocenters. The van der Waals surface area contributed by atoms with Crippen LogP contribution in [0, 0.1) is 5.82 Å². The maximum Gasteiger partial charge on any atom is 0.219 e. The lowest BCUT2D eigenvalue weighted by Gasteiger charge is -2.09. The number of halogens is 2. The molecule has 0 radical (unpaired) electrons. The Morgan fingerprint density at radius 1 is 1.30 bits per heavy atom. The first-order valence-corrected chi connectivity index (χ1v) is 6.83. The van der Waals surface area contributed by atoms with Crippen LogP contribution in [0.3, 0.4) is 0 Å². The highest BCUT2D eigenvalue weighted by Gasteiger charge is 2.06. The average Bonchev–Trinajstić information content (AvgIpc) is 2.43. The van der Waals surface area contributed by atoms with Crippen molar-refractivity contribution in [3.05, 3.63) is 52.4 Å². The van der Waals surface area contributed by atoms with E-state index in [0.29, 0.717) is 18.2 Å². The van der Waals surface area contributed by atoms with Crippen molar-refractivity contribution in [2.75, 3.05) is 0 Å². The van der Waals surface area contributed by atoms with Gasteiger partial charge in [0.25, 0.3) is 0 Å². The summed E-state index contributed by atoms with van der Waals surface area (Å²) in [5.41, 5.74) is 7.55. The number of nitrogens with two attached hydrogens (primary N) is 1. The maximum atomic E-state index is 13.1. The van der Waals surface area contributed by atoms with Crippen molar-refractivity contribution in [2.45, 2.75) is 26.3 Å². The summed E-state index contributed by atoms with van der Waals surface area (Å²) in [6, 6.07) is 7.94. The molecule has 0 atom stereocenters. The second-order valence-electron chi connectivity index (χ2n) is 4.44. The third-order valence-corrected chi connectivity index (χ3v) is 3.06. The minimum atomic E-state index is -0.477. The molecule has 0 aliphatic heterocycles. The van der Waals surface area contributed by atoms with Gasteiger partial charge in [0.1, 0.15) is 11.6 Å². The molecule has 1 heterocycles. The van der Waals surface area contributed by atoms with Gasteiger partial charge in [-0.15, -0.1) is 0 Å². The number of rotatable bonds is 5. The van der Waals surface area contributed by atoms with E-state index >= 15 is 0 Å². The minimum Gasteiger partial charge on any atom is -0.439 e. The van der Waals surface area contributed by atoms with Gasteiger partial charge >= 0.3 is 0 Å². The minimum absolute atomic E-state index is 0.0197. The Hall–Kier alpha value is -1.65. The summed E-state index contributed by atoms with van der Waals surface area (Å²) >= 11 is 5.72. The van der Waals surface area contributed by atoms with E-state index in [0.717, 1.165) is 24.1 Å². The van der Waals surface area contributed by atoms with Gasteiger partial charge in [0.15, 0.2) is 0 Å². The van der Waals surface area contributed by atoms with Crippen LogP contribution >= 0.6 is 11.6 Å². The lowest BCUT2D eigenvalue weighted by molar-refractivity contribution is 0.458. The Morgan fingerprint density at radius 2 is 2.10 bits per heavy atom. The summed E-state index contributed by atoms with van der Waals surface area (Å²) in [5.74, 6) is 0.411. The summed E-state index contributed by atoms with van der Waals surface area (Å²) in [4.78, 5) is 4.40. The van der Waals surface area contributed by atoms with Crippen molar-refractivity contribution in [3.63, 3.8) is 0 Å². The molecule has 0 aliphatic carbocycles. The monoisotopic (exact) mass is 294 g/mol. The Kier molecular flexibility index (Phi) is 4.93. The fourth-order valence-corrected chi connectivity index (χ4v) is 2.01. The van der Waals surface area contributed by atoms with E-state index in [1.807, 2.05) is 6.07 Å². The molecule has 0 spiro atoms. The zero-order chi connectivity index (χ0) is 14.5. The Morgan fingerprint density at radius 3 is 2.75 bits per heavy atom. The standard InChI is InChI=1S/C15H16ClFN2O/c1-2-3-11-6-10(9-18)7-15(19-11)20-12-4-5-14(17)13(16)8-12/h4-8H,2-3,9,18H2,1H3. The molecule has 5 heteroatoms. The number of aryl methyl sites for hydroxylation is 1. The Balaban J connectivity index is 2.27. The molecule has 2 aromatic rings. The first-order valence-electron chi connectivity index (χ1n) is 6.45. The summed E-state index contributed by atoms with van der Waals surface area (Å²) in [7, 11) is 0. The molecule has 1 aromatic carbocycles. The number of hydrogen-bond acceptors (Lipinski definition) is 3. The molecular formula is C15H16ClFN2O. The van der Waals surface area contributed by atoms with Gasteiger partial charge in [-0.2, -0.15) is 0 Å². The molecule has 2 N–H and O–H groups in total. The maximum absolute atomic E-state index is 13.1. The van der Waals surface area contributed by atoms with Crippen LogP contribution in [0.4, 0.5) is 4.39 Å². The Bertz CT molecular complexity index is 604. The fourth-order valence-electron chi connectivity index (χ4n) is 1.84. The van der Waals surface area contributed by atoms with Gasteiger partial charge in [0.05, 0.1) is 5.02 Å². The molecule has 0 amide bonds. The van der Waals surface area contributed by atoms with E-state index in [2.05, 4.69) is 11.9 Å². The molecule has 2 rings (SSSR count). The number of ether oxygens (including phenoxy) is 1. The number of pyridine rings is 1. The molecule has 20 heavy (non-hydrogen) atoms. The van der Waals surface area contributed by atoms with Gasteiger partial charge < -0.3 is 10.5 Å². The predicted molar refractivity (Wildman–Crippen MR) is 77.6 cm³/mol. The summed E-state index contributed by atoms with van der Waals surface area (Å²) < 4.78 is 18.7. The lowest BCUT2D eigenvalue weighted by atomic mass is 10.1. The second-order valence-corrected chi connectivity index (χ2v) is 4.84. The molecular weight excluding hydrogens is 279 g/mol. The molecule has 0 fully saturated rings. The highest BCUT2D eigenvalue weighted by atomic mass is 35.5. The van der Waals surface area contributed by atoms with Crippen LogP contribution in [0.25, 0.3) is 0 Å². The molecule has 0 saturated heterocycles. The highest BCUT2D eigenvalue weighted by molar-refractivity contribution is 6.30. The first kappa shape index (κ1) is 14.8. The first-order chi connectivity index (χ1) is 9.62. The zero-order valence-electron chi connectivity index (χ0n) is 11.2. The largest absolute Gasteiger partial charge is 0.439 e. The normalized spacial score (nSPS) is 10.6. The van der Waals surface area contributed by atoms with E-state index in [4.69, 9.17) is 22.1 Å². The zero-order valence-corrected chi connectivity index (χ0v) is 12.0. The van der Waals surface area contributed by atoms with Crippen LogP contribution in [0.1, 0.15) is 24.6 Å². The third-order valence-electron chi connectivity index (χ3n) is 2.77. The van der Waals surface area contributed by atoms with Crippen molar-refractivity contribution >= 4 is 11.6 Å². The fraction of sp³-hybridized carbons (Fsp3) is 0.267. The van der Waals surface area contributed by atoms with Crippen LogP contribution in [0.15, 0.2) is 30.3 Å². The van der Waals surface area contributed by atoms with E-state index in [1.54, 1.807) is 6.07 Å². The van der Waals surface area contributed by atoms with Crippen LogP contribution in [0.2, 0.25) is 5.02 Å². The third kappa shape index (κ3) is 3.68. The molecule has 0 saturated carbocycles. The van der Waals surface area contributed by atoms with E-state index in [9.17, 15) is 4.39 Å². The van der Waals surface area contributed by atoms with Crippen LogP contribution in [-0.4, -0.2) is 4.98 Å². The van der Waals surface area contributed by atoms with Crippen molar-refractivity contribution in [1.82, 2.24) is 4.98 Å². The van der Waals surface area contributed by atoms with Crippen molar-refractivity contribution in [3.8, 4) is 11.6 Å². The number of aromatic nitrogens is 1. The Labute approximate surface area is 122 Å². The summed E-state index contributed by atoms with van der Waals surface area (Å²) in [5, 5.41) is 0.0197. The number of nitrogens with zero attached hydrogens (tertiary/aromatic N) is 1. The predicted octanol–water partition coefficient (Wildman–Crippen LogP) is 4.08. The second kappa shape index (κ2) is 6.68. The smallest absolute Gasteiger partial charge is 0.219 e.